The molecule has 1 N–H and O–H groups in total. The minimum atomic E-state index is -0.428. The number of carbonyl (C=O) groups is 1. The molecule has 0 aromatic heterocycles. The molecule has 1 aliphatic heterocycles. The molecular formula is C13H17N3O3. The largest absolute Gasteiger partial charge is 0.322 e. The highest BCUT2D eigenvalue weighted by molar-refractivity contribution is 5.81. The first-order chi connectivity index (χ1) is 8.99. The summed E-state index contributed by atoms with van der Waals surface area (Å²) in [4.78, 5) is 23.8. The molecular weight excluding hydrogens is 246 g/mol. The Kier molecular flexibility index (Phi) is 3.80. The third-order valence-electron chi connectivity index (χ3n) is 3.06. The van der Waals surface area contributed by atoms with Gasteiger partial charge in [-0.05, 0) is 23.6 Å². The lowest BCUT2D eigenvalue weighted by Gasteiger charge is -2.26. The van der Waals surface area contributed by atoms with Crippen LogP contribution in [0.5, 0.6) is 0 Å². The van der Waals surface area contributed by atoms with E-state index in [4.69, 9.17) is 0 Å². The Hall–Kier alpha value is -1.95. The number of rotatable bonds is 4. The van der Waals surface area contributed by atoms with Gasteiger partial charge in [-0.15, -0.1) is 0 Å². The first-order valence-electron chi connectivity index (χ1n) is 6.26. The lowest BCUT2D eigenvalue weighted by atomic mass is 10.1. The van der Waals surface area contributed by atoms with E-state index in [2.05, 4.69) is 19.2 Å². The van der Waals surface area contributed by atoms with E-state index in [0.717, 1.165) is 5.56 Å². The second kappa shape index (κ2) is 5.36. The summed E-state index contributed by atoms with van der Waals surface area (Å²) in [6.07, 6.45) is -0.185. The van der Waals surface area contributed by atoms with E-state index in [0.29, 0.717) is 19.0 Å². The normalized spacial score (nSPS) is 19.2. The number of carbonyl (C=O) groups excluding carboxylic acids is 1. The van der Waals surface area contributed by atoms with Crippen molar-refractivity contribution in [1.29, 1.82) is 0 Å². The number of amides is 1. The molecule has 19 heavy (non-hydrogen) atoms. The molecule has 1 atom stereocenters. The van der Waals surface area contributed by atoms with E-state index in [-0.39, 0.29) is 17.8 Å². The number of non-ortho nitro benzene ring substituents is 1. The molecule has 102 valence electrons. The summed E-state index contributed by atoms with van der Waals surface area (Å²) in [5.74, 6) is 0.446. The van der Waals surface area contributed by atoms with Gasteiger partial charge in [0.2, 0.25) is 5.91 Å². The summed E-state index contributed by atoms with van der Waals surface area (Å²) in [5, 5.41) is 13.8. The summed E-state index contributed by atoms with van der Waals surface area (Å²) in [6.45, 7) is 5.10. The smallest absolute Gasteiger partial charge is 0.269 e. The van der Waals surface area contributed by atoms with Crippen LogP contribution in [-0.4, -0.2) is 28.8 Å². The molecule has 2 rings (SSSR count). The van der Waals surface area contributed by atoms with Gasteiger partial charge >= 0.3 is 0 Å². The Morgan fingerprint density at radius 3 is 2.58 bits per heavy atom. The number of nitrogens with zero attached hydrogens (tertiary/aromatic N) is 2. The topological polar surface area (TPSA) is 75.5 Å². The van der Waals surface area contributed by atoms with Crippen molar-refractivity contribution < 1.29 is 9.72 Å². The van der Waals surface area contributed by atoms with Crippen LogP contribution >= 0.6 is 0 Å². The molecule has 0 spiro atoms. The van der Waals surface area contributed by atoms with Gasteiger partial charge in [0.15, 0.2) is 0 Å². The maximum absolute atomic E-state index is 11.8. The van der Waals surface area contributed by atoms with E-state index >= 15 is 0 Å². The molecule has 1 aliphatic rings. The summed E-state index contributed by atoms with van der Waals surface area (Å²) in [7, 11) is 0. The average Bonchev–Trinajstić information content (AvgIpc) is 2.71. The molecule has 6 nitrogen and oxygen atoms in total. The van der Waals surface area contributed by atoms with Crippen molar-refractivity contribution in [3.63, 3.8) is 0 Å². The lowest BCUT2D eigenvalue weighted by Crippen LogP contribution is -2.33. The minimum Gasteiger partial charge on any atom is -0.322 e. The highest BCUT2D eigenvalue weighted by Gasteiger charge is 2.31. The van der Waals surface area contributed by atoms with Gasteiger partial charge in [-0.1, -0.05) is 13.8 Å². The van der Waals surface area contributed by atoms with Gasteiger partial charge in [0.05, 0.1) is 11.5 Å². The lowest BCUT2D eigenvalue weighted by molar-refractivity contribution is -0.384. The highest BCUT2D eigenvalue weighted by Crippen LogP contribution is 2.25. The molecule has 0 bridgehead atoms. The quantitative estimate of drug-likeness (QED) is 0.662. The molecule has 6 heteroatoms. The van der Waals surface area contributed by atoms with Crippen molar-refractivity contribution >= 4 is 11.6 Å². The Morgan fingerprint density at radius 2 is 2.05 bits per heavy atom. The fourth-order valence-corrected chi connectivity index (χ4v) is 2.22. The number of nitro benzene ring substituents is 1. The Bertz CT molecular complexity index is 484. The fraction of sp³-hybridized carbons (Fsp3) is 0.462. The van der Waals surface area contributed by atoms with Crippen molar-refractivity contribution in [2.45, 2.75) is 20.0 Å². The van der Waals surface area contributed by atoms with Crippen LogP contribution in [0, 0.1) is 16.0 Å². The summed E-state index contributed by atoms with van der Waals surface area (Å²) in [5.41, 5.74) is 0.931. The number of benzene rings is 1. The van der Waals surface area contributed by atoms with Crippen LogP contribution < -0.4 is 5.32 Å². The van der Waals surface area contributed by atoms with Crippen LogP contribution in [0.2, 0.25) is 0 Å². The highest BCUT2D eigenvalue weighted by atomic mass is 16.6. The fourth-order valence-electron chi connectivity index (χ4n) is 2.22. The van der Waals surface area contributed by atoms with Gasteiger partial charge in [-0.3, -0.25) is 20.2 Å². The van der Waals surface area contributed by atoms with E-state index in [1.54, 1.807) is 17.0 Å². The summed E-state index contributed by atoms with van der Waals surface area (Å²) in [6, 6.07) is 6.32. The molecule has 1 heterocycles. The predicted molar refractivity (Wildman–Crippen MR) is 70.4 cm³/mol. The zero-order valence-corrected chi connectivity index (χ0v) is 11.0. The second-order valence-corrected chi connectivity index (χ2v) is 5.07. The van der Waals surface area contributed by atoms with Crippen LogP contribution in [0.1, 0.15) is 25.6 Å². The molecule has 0 radical (unpaired) electrons. The molecule has 1 aromatic carbocycles. The average molecular weight is 263 g/mol. The summed E-state index contributed by atoms with van der Waals surface area (Å²) < 4.78 is 0. The third kappa shape index (κ3) is 2.90. The van der Waals surface area contributed by atoms with Crippen molar-refractivity contribution in [3.8, 4) is 0 Å². The van der Waals surface area contributed by atoms with Crippen molar-refractivity contribution in [3.05, 3.63) is 39.9 Å². The number of hydrogen-bond acceptors (Lipinski definition) is 4. The minimum absolute atomic E-state index is 0.0588. The monoisotopic (exact) mass is 263 g/mol. The van der Waals surface area contributed by atoms with Gasteiger partial charge in [-0.2, -0.15) is 0 Å². The molecule has 1 aromatic rings. The number of nitro groups is 1. The van der Waals surface area contributed by atoms with Crippen molar-refractivity contribution in [2.24, 2.45) is 5.92 Å². The maximum Gasteiger partial charge on any atom is 0.269 e. The van der Waals surface area contributed by atoms with Crippen molar-refractivity contribution in [1.82, 2.24) is 10.2 Å². The van der Waals surface area contributed by atoms with Gasteiger partial charge in [0.1, 0.15) is 6.17 Å². The summed E-state index contributed by atoms with van der Waals surface area (Å²) >= 11 is 0. The third-order valence-corrected chi connectivity index (χ3v) is 3.06. The molecule has 1 amide bonds. The van der Waals surface area contributed by atoms with E-state index < -0.39 is 4.92 Å². The van der Waals surface area contributed by atoms with Gasteiger partial charge in [0.25, 0.3) is 5.69 Å². The second-order valence-electron chi connectivity index (χ2n) is 5.07. The van der Waals surface area contributed by atoms with Crippen LogP contribution in [-0.2, 0) is 4.79 Å². The standard InChI is InChI=1S/C13H17N3O3/c1-9(2)8-15-12(17)7-14-13(15)10-3-5-11(6-4-10)16(18)19/h3-6,9,13-14H,7-8H2,1-2H3. The van der Waals surface area contributed by atoms with E-state index in [9.17, 15) is 14.9 Å². The van der Waals surface area contributed by atoms with E-state index in [1.807, 2.05) is 0 Å². The molecule has 0 aliphatic carbocycles. The van der Waals surface area contributed by atoms with Gasteiger partial charge < -0.3 is 4.90 Å². The first-order valence-corrected chi connectivity index (χ1v) is 6.26. The maximum atomic E-state index is 11.8. The van der Waals surface area contributed by atoms with Crippen molar-refractivity contribution in [2.75, 3.05) is 13.1 Å². The Morgan fingerprint density at radius 1 is 1.42 bits per heavy atom. The molecule has 1 unspecified atom stereocenters. The first kappa shape index (κ1) is 13.5. The van der Waals surface area contributed by atoms with Crippen LogP contribution in [0.15, 0.2) is 24.3 Å². The van der Waals surface area contributed by atoms with E-state index in [1.165, 1.54) is 12.1 Å². The SMILES string of the molecule is CC(C)CN1C(=O)CNC1c1ccc([N+](=O)[O-])cc1. The Balaban J connectivity index is 2.20. The van der Waals surface area contributed by atoms with Gasteiger partial charge in [0, 0.05) is 18.7 Å². The number of nitrogens with one attached hydrogen (secondary N) is 1. The number of hydrogen-bond donors (Lipinski definition) is 1. The molecule has 1 saturated heterocycles. The Labute approximate surface area is 111 Å². The van der Waals surface area contributed by atoms with Crippen LogP contribution in [0.25, 0.3) is 0 Å². The molecule has 0 saturated carbocycles. The zero-order valence-electron chi connectivity index (χ0n) is 11.0. The zero-order chi connectivity index (χ0) is 14.0. The molecule has 1 fully saturated rings. The predicted octanol–water partition coefficient (Wildman–Crippen LogP) is 1.68. The van der Waals surface area contributed by atoms with Crippen LogP contribution in [0.3, 0.4) is 0 Å². The van der Waals surface area contributed by atoms with Gasteiger partial charge in [-0.25, -0.2) is 0 Å². The van der Waals surface area contributed by atoms with Crippen LogP contribution in [0.4, 0.5) is 5.69 Å².